The molecule has 0 aliphatic carbocycles. The Labute approximate surface area is 137 Å². The van der Waals surface area contributed by atoms with Crippen LogP contribution >= 0.6 is 0 Å². The van der Waals surface area contributed by atoms with E-state index in [1.54, 1.807) is 0 Å². The molecule has 0 aromatic heterocycles. The summed E-state index contributed by atoms with van der Waals surface area (Å²) in [5.74, 6) is 0. The molecule has 0 unspecified atom stereocenters. The summed E-state index contributed by atoms with van der Waals surface area (Å²) in [7, 11) is 1.82. The number of methoxy groups -OCH3 is 1. The first kappa shape index (κ1) is 15.4. The zero-order valence-electron chi connectivity index (χ0n) is 12.8. The van der Waals surface area contributed by atoms with E-state index in [-0.39, 0.29) is 0 Å². The second-order valence-electron chi connectivity index (χ2n) is 5.44. The van der Waals surface area contributed by atoms with E-state index in [0.29, 0.717) is 0 Å². The predicted octanol–water partition coefficient (Wildman–Crippen LogP) is 2.34. The standard InChI is InChI=1S/3C6H5.C2H5O.Pb/c3*1-2-4-6-5-3-1;1-3-2;/h3*1-5H;1H2,2H3;. The van der Waals surface area contributed by atoms with Gasteiger partial charge in [0.2, 0.25) is 0 Å². The summed E-state index contributed by atoms with van der Waals surface area (Å²) in [4.78, 5) is 0. The molecule has 3 aromatic rings. The molecular formula is C20H20OPb. The topological polar surface area (TPSA) is 9.23 Å². The van der Waals surface area contributed by atoms with Gasteiger partial charge in [-0.3, -0.25) is 0 Å². The SMILES string of the molecule is CO[CH2][Pb]([c]1ccccc1)([c]1ccccc1)[c]1ccccc1. The number of ether oxygens (including phenoxy) is 1. The second-order valence-corrected chi connectivity index (χ2v) is 20.3. The van der Waals surface area contributed by atoms with Gasteiger partial charge in [-0.1, -0.05) is 0 Å². The quantitative estimate of drug-likeness (QED) is 0.507. The maximum absolute atomic E-state index is 5.77. The normalized spacial score (nSPS) is 11.3. The third kappa shape index (κ3) is 2.88. The van der Waals surface area contributed by atoms with Gasteiger partial charge < -0.3 is 0 Å². The zero-order valence-corrected chi connectivity index (χ0v) is 16.7. The van der Waals surface area contributed by atoms with Crippen LogP contribution in [-0.2, 0) is 4.74 Å². The van der Waals surface area contributed by atoms with Gasteiger partial charge in [0.05, 0.1) is 0 Å². The van der Waals surface area contributed by atoms with E-state index in [1.165, 1.54) is 9.37 Å². The summed E-state index contributed by atoms with van der Waals surface area (Å²) in [6.07, 6.45) is 0. The molecule has 0 aliphatic heterocycles. The molecule has 0 saturated heterocycles. The first-order valence-corrected chi connectivity index (χ1v) is 16.1. The van der Waals surface area contributed by atoms with E-state index in [0.717, 1.165) is 4.17 Å². The molecule has 0 saturated carbocycles. The summed E-state index contributed by atoms with van der Waals surface area (Å²) < 4.78 is 11.0. The first-order valence-electron chi connectivity index (χ1n) is 7.53. The van der Waals surface area contributed by atoms with E-state index in [4.69, 9.17) is 4.74 Å². The van der Waals surface area contributed by atoms with E-state index >= 15 is 0 Å². The molecule has 3 rings (SSSR count). The molecule has 0 heterocycles. The number of benzene rings is 3. The van der Waals surface area contributed by atoms with Gasteiger partial charge >= 0.3 is 138 Å². The van der Waals surface area contributed by atoms with Crippen LogP contribution in [-0.4, -0.2) is 32.4 Å². The molecular weight excluding hydrogens is 463 g/mol. The van der Waals surface area contributed by atoms with Crippen molar-refractivity contribution >= 4 is 30.5 Å². The van der Waals surface area contributed by atoms with Gasteiger partial charge in [0, 0.05) is 0 Å². The molecule has 22 heavy (non-hydrogen) atoms. The van der Waals surface area contributed by atoms with Crippen molar-refractivity contribution < 1.29 is 4.74 Å². The molecule has 0 aliphatic rings. The molecule has 1 nitrogen and oxygen atoms in total. The summed E-state index contributed by atoms with van der Waals surface area (Å²) in [5, 5.41) is 0. The van der Waals surface area contributed by atoms with Crippen LogP contribution in [0.4, 0.5) is 0 Å². The first-order chi connectivity index (χ1) is 10.9. The number of rotatable bonds is 5. The average molecular weight is 484 g/mol. The van der Waals surface area contributed by atoms with Crippen LogP contribution in [0.1, 0.15) is 0 Å². The predicted molar refractivity (Wildman–Crippen MR) is 95.9 cm³/mol. The van der Waals surface area contributed by atoms with Crippen molar-refractivity contribution in [2.45, 2.75) is 0 Å². The monoisotopic (exact) mass is 484 g/mol. The van der Waals surface area contributed by atoms with Gasteiger partial charge in [-0.15, -0.1) is 0 Å². The molecule has 0 radical (unpaired) electrons. The van der Waals surface area contributed by atoms with Gasteiger partial charge in [-0.05, 0) is 0 Å². The fraction of sp³-hybridized carbons (Fsp3) is 0.100. The number of hydrogen-bond donors (Lipinski definition) is 0. The van der Waals surface area contributed by atoms with E-state index in [9.17, 15) is 0 Å². The van der Waals surface area contributed by atoms with Gasteiger partial charge in [-0.25, -0.2) is 0 Å². The Balaban J connectivity index is 2.29. The van der Waals surface area contributed by atoms with Crippen molar-refractivity contribution in [1.82, 2.24) is 0 Å². The third-order valence-corrected chi connectivity index (χ3v) is 22.3. The molecule has 0 fully saturated rings. The second kappa shape index (κ2) is 7.20. The van der Waals surface area contributed by atoms with Gasteiger partial charge in [-0.2, -0.15) is 0 Å². The minimum atomic E-state index is -3.26. The summed E-state index contributed by atoms with van der Waals surface area (Å²) in [5.41, 5.74) is 0. The van der Waals surface area contributed by atoms with E-state index in [1.807, 2.05) is 7.11 Å². The Morgan fingerprint density at radius 1 is 0.591 bits per heavy atom. The zero-order chi connectivity index (χ0) is 15.3. The summed E-state index contributed by atoms with van der Waals surface area (Å²) in [6, 6.07) is 32.8. The molecule has 0 N–H and O–H groups in total. The Bertz CT molecular complexity index is 599. The Morgan fingerprint density at radius 3 is 1.18 bits per heavy atom. The third-order valence-electron chi connectivity index (χ3n) is 4.16. The van der Waals surface area contributed by atoms with Crippen LogP contribution in [0.3, 0.4) is 0 Å². The van der Waals surface area contributed by atoms with Crippen LogP contribution < -0.4 is 9.37 Å². The van der Waals surface area contributed by atoms with Crippen LogP contribution in [0.15, 0.2) is 91.0 Å². The minimum absolute atomic E-state index is 0.824. The summed E-state index contributed by atoms with van der Waals surface area (Å²) >= 11 is -3.26. The van der Waals surface area contributed by atoms with Crippen molar-refractivity contribution in [3.05, 3.63) is 91.0 Å². The molecule has 0 atom stereocenters. The van der Waals surface area contributed by atoms with Crippen molar-refractivity contribution in [2.24, 2.45) is 0 Å². The van der Waals surface area contributed by atoms with Gasteiger partial charge in [0.25, 0.3) is 0 Å². The molecule has 3 aromatic carbocycles. The van der Waals surface area contributed by atoms with Gasteiger partial charge in [0.1, 0.15) is 0 Å². The van der Waals surface area contributed by atoms with Gasteiger partial charge in [0.15, 0.2) is 0 Å². The van der Waals surface area contributed by atoms with E-state index < -0.39 is 21.2 Å². The van der Waals surface area contributed by atoms with Crippen molar-refractivity contribution in [3.63, 3.8) is 0 Å². The van der Waals surface area contributed by atoms with Crippen molar-refractivity contribution in [1.29, 1.82) is 0 Å². The van der Waals surface area contributed by atoms with E-state index in [2.05, 4.69) is 91.0 Å². The Kier molecular flexibility index (Phi) is 5.05. The molecule has 2 heteroatoms. The number of hydrogen-bond acceptors (Lipinski definition) is 1. The van der Waals surface area contributed by atoms with Crippen molar-refractivity contribution in [2.75, 3.05) is 11.3 Å². The molecule has 0 amide bonds. The van der Waals surface area contributed by atoms with Crippen LogP contribution in [0.25, 0.3) is 0 Å². The van der Waals surface area contributed by atoms with Crippen LogP contribution in [0, 0.1) is 0 Å². The Hall–Kier alpha value is -1.46. The fourth-order valence-electron chi connectivity index (χ4n) is 3.13. The fourth-order valence-corrected chi connectivity index (χ4v) is 19.5. The molecule has 0 spiro atoms. The maximum atomic E-state index is 5.77. The summed E-state index contributed by atoms with van der Waals surface area (Å²) in [6.45, 7) is 0. The Morgan fingerprint density at radius 2 is 0.909 bits per heavy atom. The van der Waals surface area contributed by atoms with Crippen LogP contribution in [0.2, 0.25) is 0 Å². The van der Waals surface area contributed by atoms with Crippen molar-refractivity contribution in [3.8, 4) is 0 Å². The molecule has 0 bridgehead atoms. The average Bonchev–Trinajstić information content (AvgIpc) is 2.62. The molecule has 110 valence electrons. The van der Waals surface area contributed by atoms with Crippen LogP contribution in [0.5, 0.6) is 0 Å².